The topological polar surface area (TPSA) is 82.7 Å². The molecule has 1 atom stereocenters. The van der Waals surface area contributed by atoms with Crippen molar-refractivity contribution < 1.29 is 14.4 Å². The number of hydrogen-bond donors (Lipinski definition) is 1. The average Bonchev–Trinajstić information content (AvgIpc) is 3.24. The molecule has 1 aromatic heterocycles. The monoisotopic (exact) mass is 308 g/mol. The molecule has 0 spiro atoms. The highest BCUT2D eigenvalue weighted by Gasteiger charge is 2.31. The summed E-state index contributed by atoms with van der Waals surface area (Å²) in [6.45, 7) is 3.55. The number of likely N-dealkylation sites (N-methyl/N-ethyl adjacent to an activating group) is 1. The Morgan fingerprint density at radius 3 is 2.73 bits per heavy atom. The third kappa shape index (κ3) is 3.47. The van der Waals surface area contributed by atoms with E-state index in [0.717, 1.165) is 18.7 Å². The largest absolute Gasteiger partial charge is 0.393 e. The van der Waals surface area contributed by atoms with Crippen LogP contribution in [0.25, 0.3) is 0 Å². The molecule has 2 fully saturated rings. The van der Waals surface area contributed by atoms with Crippen molar-refractivity contribution >= 4 is 5.91 Å². The van der Waals surface area contributed by atoms with Crippen LogP contribution in [0.3, 0.4) is 0 Å². The molecule has 2 heterocycles. The van der Waals surface area contributed by atoms with Crippen molar-refractivity contribution in [3.63, 3.8) is 0 Å². The number of aliphatic hydroxyl groups is 1. The van der Waals surface area contributed by atoms with Crippen LogP contribution in [0, 0.1) is 0 Å². The Morgan fingerprint density at radius 1 is 1.41 bits per heavy atom. The normalized spacial score (nSPS) is 21.4. The Balaban J connectivity index is 1.53. The smallest absolute Gasteiger partial charge is 0.243 e. The summed E-state index contributed by atoms with van der Waals surface area (Å²) in [7, 11) is 1.89. The van der Waals surface area contributed by atoms with Crippen LogP contribution < -0.4 is 0 Å². The van der Waals surface area contributed by atoms with Gasteiger partial charge in [0.25, 0.3) is 0 Å². The molecule has 1 saturated carbocycles. The van der Waals surface area contributed by atoms with Gasteiger partial charge in [0.2, 0.25) is 11.8 Å². The van der Waals surface area contributed by atoms with Gasteiger partial charge in [-0.25, -0.2) is 0 Å². The number of aromatic nitrogens is 2. The summed E-state index contributed by atoms with van der Waals surface area (Å²) in [6.07, 6.45) is 3.35. The number of aliphatic hydroxyl groups excluding tert-OH is 1. The zero-order valence-corrected chi connectivity index (χ0v) is 13.2. The molecular weight excluding hydrogens is 284 g/mol. The molecule has 22 heavy (non-hydrogen) atoms. The number of piperidine rings is 1. The van der Waals surface area contributed by atoms with Gasteiger partial charge in [-0.15, -0.1) is 0 Å². The number of hydrogen-bond acceptors (Lipinski definition) is 6. The highest BCUT2D eigenvalue weighted by molar-refractivity contribution is 5.78. The Morgan fingerprint density at radius 2 is 2.09 bits per heavy atom. The Labute approximate surface area is 130 Å². The van der Waals surface area contributed by atoms with Gasteiger partial charge in [0.05, 0.1) is 18.7 Å². The lowest BCUT2D eigenvalue weighted by Gasteiger charge is -2.31. The van der Waals surface area contributed by atoms with Crippen LogP contribution in [-0.2, 0) is 4.79 Å². The molecule has 2 aliphatic rings. The minimum absolute atomic E-state index is 0.0840. The predicted molar refractivity (Wildman–Crippen MR) is 79.1 cm³/mol. The van der Waals surface area contributed by atoms with Crippen molar-refractivity contribution in [1.29, 1.82) is 0 Å². The second kappa shape index (κ2) is 6.34. The second-order valence-electron chi connectivity index (χ2n) is 6.47. The first kappa shape index (κ1) is 15.4. The maximum atomic E-state index is 12.3. The molecule has 122 valence electrons. The lowest BCUT2D eigenvalue weighted by Crippen LogP contribution is -2.44. The molecule has 7 heteroatoms. The quantitative estimate of drug-likeness (QED) is 0.871. The van der Waals surface area contributed by atoms with E-state index in [1.165, 1.54) is 0 Å². The first-order chi connectivity index (χ1) is 10.5. The van der Waals surface area contributed by atoms with Gasteiger partial charge in [-0.1, -0.05) is 5.16 Å². The maximum Gasteiger partial charge on any atom is 0.243 e. The van der Waals surface area contributed by atoms with Gasteiger partial charge in [-0.05, 0) is 39.7 Å². The molecule has 1 N–H and O–H groups in total. The molecular formula is C15H24N4O3. The Bertz CT molecular complexity index is 521. The van der Waals surface area contributed by atoms with E-state index in [-0.39, 0.29) is 18.1 Å². The Hall–Kier alpha value is -1.47. The van der Waals surface area contributed by atoms with Crippen LogP contribution in [0.2, 0.25) is 0 Å². The number of carbonyl (C=O) groups excluding carboxylic acids is 1. The molecule has 1 aliphatic carbocycles. The standard InChI is InChI=1S/C15H24N4O3/c1-10(15-16-14(17-22-15)11-3-4-11)18(2)9-13(21)19-7-5-12(20)6-8-19/h10-12,20H,3-9H2,1-2H3. The van der Waals surface area contributed by atoms with Gasteiger partial charge in [0, 0.05) is 19.0 Å². The van der Waals surface area contributed by atoms with Gasteiger partial charge >= 0.3 is 0 Å². The first-order valence-corrected chi connectivity index (χ1v) is 8.04. The van der Waals surface area contributed by atoms with Gasteiger partial charge < -0.3 is 14.5 Å². The number of nitrogens with zero attached hydrogens (tertiary/aromatic N) is 4. The molecule has 1 unspecified atom stereocenters. The fourth-order valence-electron chi connectivity index (χ4n) is 2.68. The van der Waals surface area contributed by atoms with E-state index in [1.807, 2.05) is 23.8 Å². The maximum absolute atomic E-state index is 12.3. The minimum Gasteiger partial charge on any atom is -0.393 e. The third-order valence-corrected chi connectivity index (χ3v) is 4.62. The highest BCUT2D eigenvalue weighted by atomic mass is 16.5. The Kier molecular flexibility index (Phi) is 4.44. The SMILES string of the molecule is CC(c1nc(C2CC2)no1)N(C)CC(=O)N1CCC(O)CC1. The molecule has 0 radical (unpaired) electrons. The molecule has 7 nitrogen and oxygen atoms in total. The van der Waals surface area contributed by atoms with E-state index in [0.29, 0.717) is 44.3 Å². The van der Waals surface area contributed by atoms with Crippen molar-refractivity contribution in [1.82, 2.24) is 19.9 Å². The second-order valence-corrected chi connectivity index (χ2v) is 6.47. The van der Waals surface area contributed by atoms with Crippen LogP contribution in [0.1, 0.15) is 56.3 Å². The summed E-state index contributed by atoms with van der Waals surface area (Å²) in [5.74, 6) is 1.93. The summed E-state index contributed by atoms with van der Waals surface area (Å²) in [6, 6.07) is -0.0840. The number of rotatable bonds is 5. The van der Waals surface area contributed by atoms with Gasteiger partial charge in [-0.2, -0.15) is 4.98 Å². The van der Waals surface area contributed by atoms with E-state index in [2.05, 4.69) is 10.1 Å². The molecule has 0 aromatic carbocycles. The summed E-state index contributed by atoms with van der Waals surface area (Å²) in [5.41, 5.74) is 0. The van der Waals surface area contributed by atoms with E-state index >= 15 is 0 Å². The van der Waals surface area contributed by atoms with Crippen LogP contribution in [0.5, 0.6) is 0 Å². The van der Waals surface area contributed by atoms with Gasteiger partial charge in [0.1, 0.15) is 0 Å². The zero-order chi connectivity index (χ0) is 15.7. The number of amides is 1. The molecule has 1 saturated heterocycles. The summed E-state index contributed by atoms with van der Waals surface area (Å²) in [4.78, 5) is 20.5. The molecule has 1 aliphatic heterocycles. The van der Waals surface area contributed by atoms with Crippen molar-refractivity contribution in [2.75, 3.05) is 26.7 Å². The van der Waals surface area contributed by atoms with Gasteiger partial charge in [-0.3, -0.25) is 9.69 Å². The lowest BCUT2D eigenvalue weighted by atomic mass is 10.1. The lowest BCUT2D eigenvalue weighted by molar-refractivity contribution is -0.134. The minimum atomic E-state index is -0.264. The molecule has 0 bridgehead atoms. The molecule has 1 aromatic rings. The number of carbonyl (C=O) groups is 1. The van der Waals surface area contributed by atoms with Crippen molar-refractivity contribution in [3.05, 3.63) is 11.7 Å². The van der Waals surface area contributed by atoms with E-state index < -0.39 is 0 Å². The van der Waals surface area contributed by atoms with Crippen molar-refractivity contribution in [2.45, 2.75) is 50.7 Å². The van der Waals surface area contributed by atoms with Crippen LogP contribution in [0.4, 0.5) is 0 Å². The fourth-order valence-corrected chi connectivity index (χ4v) is 2.68. The van der Waals surface area contributed by atoms with Crippen molar-refractivity contribution in [3.8, 4) is 0 Å². The summed E-state index contributed by atoms with van der Waals surface area (Å²) >= 11 is 0. The van der Waals surface area contributed by atoms with E-state index in [4.69, 9.17) is 4.52 Å². The van der Waals surface area contributed by atoms with Crippen LogP contribution in [-0.4, -0.2) is 63.7 Å². The zero-order valence-electron chi connectivity index (χ0n) is 13.2. The van der Waals surface area contributed by atoms with Crippen molar-refractivity contribution in [2.24, 2.45) is 0 Å². The van der Waals surface area contributed by atoms with E-state index in [1.54, 1.807) is 0 Å². The van der Waals surface area contributed by atoms with Gasteiger partial charge in [0.15, 0.2) is 5.82 Å². The molecule has 1 amide bonds. The fraction of sp³-hybridized carbons (Fsp3) is 0.800. The number of likely N-dealkylation sites (tertiary alicyclic amines) is 1. The molecule has 3 rings (SSSR count). The average molecular weight is 308 g/mol. The first-order valence-electron chi connectivity index (χ1n) is 8.04. The highest BCUT2D eigenvalue weighted by Crippen LogP contribution is 2.38. The van der Waals surface area contributed by atoms with Crippen LogP contribution >= 0.6 is 0 Å². The summed E-state index contributed by atoms with van der Waals surface area (Å²) < 4.78 is 5.33. The predicted octanol–water partition coefficient (Wildman–Crippen LogP) is 0.923. The summed E-state index contributed by atoms with van der Waals surface area (Å²) in [5, 5.41) is 13.5. The third-order valence-electron chi connectivity index (χ3n) is 4.62. The van der Waals surface area contributed by atoms with Crippen LogP contribution in [0.15, 0.2) is 4.52 Å². The van der Waals surface area contributed by atoms with E-state index in [9.17, 15) is 9.90 Å².